The first-order chi connectivity index (χ1) is 12.5. The van der Waals surface area contributed by atoms with Crippen LogP contribution < -0.4 is 20.1 Å². The van der Waals surface area contributed by atoms with Crippen LogP contribution in [0.1, 0.15) is 0 Å². The van der Waals surface area contributed by atoms with Crippen LogP contribution in [0, 0.1) is 11.3 Å². The number of carbonyl (C=O) groups excluding carboxylic acids is 1. The van der Waals surface area contributed by atoms with Crippen LogP contribution in [0.25, 0.3) is 0 Å². The Balaban J connectivity index is 2.16. The molecule has 6 nitrogen and oxygen atoms in total. The number of benzene rings is 2. The highest BCUT2D eigenvalue weighted by Gasteiger charge is 2.13. The van der Waals surface area contributed by atoms with Crippen molar-refractivity contribution in [2.75, 3.05) is 24.9 Å². The Morgan fingerprint density at radius 1 is 1.12 bits per heavy atom. The number of carbonyl (C=O) groups is 1. The van der Waals surface area contributed by atoms with Gasteiger partial charge >= 0.3 is 0 Å². The van der Waals surface area contributed by atoms with E-state index in [1.807, 2.05) is 6.07 Å². The Morgan fingerprint density at radius 3 is 2.42 bits per heavy atom. The van der Waals surface area contributed by atoms with E-state index in [0.717, 1.165) is 0 Å². The monoisotopic (exact) mass is 391 g/mol. The predicted octanol–water partition coefficient (Wildman–Crippen LogP) is 4.47. The van der Waals surface area contributed by atoms with Gasteiger partial charge in [0.2, 0.25) is 0 Å². The Labute approximate surface area is 160 Å². The number of halogens is 2. The van der Waals surface area contributed by atoms with Gasteiger partial charge in [0.15, 0.2) is 0 Å². The van der Waals surface area contributed by atoms with Gasteiger partial charge in [-0.05, 0) is 36.4 Å². The lowest BCUT2D eigenvalue weighted by Crippen LogP contribution is -2.15. The molecule has 0 fully saturated rings. The topological polar surface area (TPSA) is 83.4 Å². The molecule has 0 aliphatic rings. The van der Waals surface area contributed by atoms with E-state index in [1.165, 1.54) is 26.5 Å². The van der Waals surface area contributed by atoms with Crippen molar-refractivity contribution in [1.82, 2.24) is 0 Å². The van der Waals surface area contributed by atoms with E-state index in [1.54, 1.807) is 30.3 Å². The van der Waals surface area contributed by atoms with Crippen LogP contribution in [0.3, 0.4) is 0 Å². The first-order valence-electron chi connectivity index (χ1n) is 7.33. The van der Waals surface area contributed by atoms with Gasteiger partial charge in [-0.3, -0.25) is 4.79 Å². The molecule has 0 atom stereocenters. The molecule has 0 aliphatic heterocycles. The molecule has 0 spiro atoms. The molecule has 0 unspecified atom stereocenters. The lowest BCUT2D eigenvalue weighted by atomic mass is 10.2. The summed E-state index contributed by atoms with van der Waals surface area (Å²) in [5.41, 5.74) is 0.814. The molecule has 1 amide bonds. The van der Waals surface area contributed by atoms with Crippen molar-refractivity contribution in [3.8, 4) is 17.6 Å². The third-order valence-electron chi connectivity index (χ3n) is 3.31. The first kappa shape index (κ1) is 19.4. The fourth-order valence-corrected chi connectivity index (χ4v) is 2.46. The molecule has 0 saturated heterocycles. The zero-order valence-electron chi connectivity index (χ0n) is 14.0. The van der Waals surface area contributed by atoms with E-state index in [2.05, 4.69) is 10.6 Å². The molecule has 2 rings (SSSR count). The van der Waals surface area contributed by atoms with Crippen molar-refractivity contribution < 1.29 is 14.3 Å². The second-order valence-corrected chi connectivity index (χ2v) is 5.81. The van der Waals surface area contributed by atoms with Crippen LogP contribution in [-0.2, 0) is 4.79 Å². The number of hydrogen-bond acceptors (Lipinski definition) is 5. The van der Waals surface area contributed by atoms with Crippen LogP contribution in [-0.4, -0.2) is 20.1 Å². The standard InChI is InChI=1S/C18H15Cl2N3O3/c1-25-16-6-4-13(8-14(16)20)22-10-11(9-21)18(24)23-15-7-12(19)3-5-17(15)26-2/h3-8,10,22H,1-2H3,(H,23,24)/b11-10-. The second-order valence-electron chi connectivity index (χ2n) is 4.96. The van der Waals surface area contributed by atoms with Crippen LogP contribution >= 0.6 is 23.2 Å². The summed E-state index contributed by atoms with van der Waals surface area (Å²) >= 11 is 12.0. The SMILES string of the molecule is COc1ccc(N/C=C(/C#N)C(=O)Nc2cc(Cl)ccc2OC)cc1Cl. The van der Waals surface area contributed by atoms with E-state index in [0.29, 0.717) is 32.9 Å². The van der Waals surface area contributed by atoms with Crippen LogP contribution in [0.2, 0.25) is 10.0 Å². The van der Waals surface area contributed by atoms with E-state index in [4.69, 9.17) is 32.7 Å². The van der Waals surface area contributed by atoms with Gasteiger partial charge < -0.3 is 20.1 Å². The Morgan fingerprint density at radius 2 is 1.81 bits per heavy atom. The molecule has 0 saturated carbocycles. The summed E-state index contributed by atoms with van der Waals surface area (Å²) < 4.78 is 10.2. The van der Waals surface area contributed by atoms with E-state index in [-0.39, 0.29) is 5.57 Å². The van der Waals surface area contributed by atoms with Gasteiger partial charge in [-0.1, -0.05) is 23.2 Å². The largest absolute Gasteiger partial charge is 0.495 e. The maximum Gasteiger partial charge on any atom is 0.267 e. The number of methoxy groups -OCH3 is 2. The fraction of sp³-hybridized carbons (Fsp3) is 0.111. The number of amides is 1. The van der Waals surface area contributed by atoms with Crippen molar-refractivity contribution >= 4 is 40.5 Å². The average Bonchev–Trinajstić information content (AvgIpc) is 2.62. The van der Waals surface area contributed by atoms with Gasteiger partial charge in [0.25, 0.3) is 5.91 Å². The molecule has 26 heavy (non-hydrogen) atoms. The van der Waals surface area contributed by atoms with E-state index in [9.17, 15) is 10.1 Å². The highest BCUT2D eigenvalue weighted by atomic mass is 35.5. The summed E-state index contributed by atoms with van der Waals surface area (Å²) in [5, 5.41) is 15.5. The summed E-state index contributed by atoms with van der Waals surface area (Å²) in [6.45, 7) is 0. The number of rotatable bonds is 6. The molecule has 2 aromatic carbocycles. The molecule has 134 valence electrons. The number of ether oxygens (including phenoxy) is 2. The van der Waals surface area contributed by atoms with Crippen LogP contribution in [0.4, 0.5) is 11.4 Å². The van der Waals surface area contributed by atoms with Crippen molar-refractivity contribution in [2.24, 2.45) is 0 Å². The minimum Gasteiger partial charge on any atom is -0.495 e. The molecule has 8 heteroatoms. The van der Waals surface area contributed by atoms with Crippen LogP contribution in [0.15, 0.2) is 48.2 Å². The van der Waals surface area contributed by atoms with Gasteiger partial charge in [-0.2, -0.15) is 5.26 Å². The highest BCUT2D eigenvalue weighted by molar-refractivity contribution is 6.32. The summed E-state index contributed by atoms with van der Waals surface area (Å²) in [6.07, 6.45) is 1.28. The minimum absolute atomic E-state index is 0.140. The average molecular weight is 392 g/mol. The lowest BCUT2D eigenvalue weighted by Gasteiger charge is -2.10. The summed E-state index contributed by atoms with van der Waals surface area (Å²) in [4.78, 5) is 12.3. The fourth-order valence-electron chi connectivity index (χ4n) is 2.03. The molecule has 2 N–H and O–H groups in total. The summed E-state index contributed by atoms with van der Waals surface area (Å²) in [6, 6.07) is 11.6. The van der Waals surface area contributed by atoms with Gasteiger partial charge in [-0.25, -0.2) is 0 Å². The molecule has 2 aromatic rings. The normalized spacial score (nSPS) is 10.7. The number of nitrogens with one attached hydrogen (secondary N) is 2. The molecular formula is C18H15Cl2N3O3. The predicted molar refractivity (Wildman–Crippen MR) is 102 cm³/mol. The zero-order chi connectivity index (χ0) is 19.1. The molecule has 0 heterocycles. The highest BCUT2D eigenvalue weighted by Crippen LogP contribution is 2.29. The maximum atomic E-state index is 12.3. The van der Waals surface area contributed by atoms with Crippen molar-refractivity contribution in [1.29, 1.82) is 5.26 Å². The molecule has 0 aliphatic carbocycles. The van der Waals surface area contributed by atoms with Gasteiger partial charge in [0.05, 0.1) is 24.9 Å². The maximum absolute atomic E-state index is 12.3. The molecular weight excluding hydrogens is 377 g/mol. The van der Waals surface area contributed by atoms with E-state index >= 15 is 0 Å². The Bertz CT molecular complexity index is 892. The third-order valence-corrected chi connectivity index (χ3v) is 3.84. The Hall–Kier alpha value is -2.88. The zero-order valence-corrected chi connectivity index (χ0v) is 15.5. The molecule has 0 aromatic heterocycles. The first-order valence-corrected chi connectivity index (χ1v) is 8.09. The summed E-state index contributed by atoms with van der Waals surface area (Å²) in [5.74, 6) is 0.336. The van der Waals surface area contributed by atoms with Gasteiger partial charge in [0, 0.05) is 16.9 Å². The number of hydrogen-bond donors (Lipinski definition) is 2. The van der Waals surface area contributed by atoms with E-state index < -0.39 is 5.91 Å². The van der Waals surface area contributed by atoms with Crippen molar-refractivity contribution in [3.05, 3.63) is 58.2 Å². The minimum atomic E-state index is -0.611. The van der Waals surface area contributed by atoms with Gasteiger partial charge in [-0.15, -0.1) is 0 Å². The third kappa shape index (κ3) is 4.82. The lowest BCUT2D eigenvalue weighted by molar-refractivity contribution is -0.112. The summed E-state index contributed by atoms with van der Waals surface area (Å²) in [7, 11) is 2.98. The number of nitrogens with zero attached hydrogens (tertiary/aromatic N) is 1. The van der Waals surface area contributed by atoms with Crippen molar-refractivity contribution in [3.63, 3.8) is 0 Å². The number of anilines is 2. The van der Waals surface area contributed by atoms with Crippen LogP contribution in [0.5, 0.6) is 11.5 Å². The Kier molecular flexibility index (Phi) is 6.73. The molecule has 0 bridgehead atoms. The number of nitriles is 1. The quantitative estimate of drug-likeness (QED) is 0.560. The molecule has 0 radical (unpaired) electrons. The second kappa shape index (κ2) is 8.99. The van der Waals surface area contributed by atoms with Gasteiger partial charge in [0.1, 0.15) is 23.1 Å². The smallest absolute Gasteiger partial charge is 0.267 e. The van der Waals surface area contributed by atoms with Crippen molar-refractivity contribution in [2.45, 2.75) is 0 Å².